The molecule has 0 bridgehead atoms. The van der Waals surface area contributed by atoms with Gasteiger partial charge in [-0.15, -0.1) is 0 Å². The number of rotatable bonds is 10. The lowest BCUT2D eigenvalue weighted by Crippen LogP contribution is -2.64. The summed E-state index contributed by atoms with van der Waals surface area (Å²) in [5.74, 6) is 12.0. The predicted molar refractivity (Wildman–Crippen MR) is 272 cm³/mol. The number of nitrogens with zero attached hydrogens (tertiary/aromatic N) is 2. The fourth-order valence-corrected chi connectivity index (χ4v) is 21.2. The zero-order chi connectivity index (χ0) is 44.1. The van der Waals surface area contributed by atoms with Gasteiger partial charge in [0.05, 0.1) is 24.4 Å². The summed E-state index contributed by atoms with van der Waals surface area (Å²) in [7, 11) is 0. The van der Waals surface area contributed by atoms with E-state index in [1.165, 1.54) is 205 Å². The first-order valence-corrected chi connectivity index (χ1v) is 31.3. The molecule has 0 saturated heterocycles. The normalized spacial score (nSPS) is 51.1. The molecule has 12 fully saturated rings. The highest BCUT2D eigenvalue weighted by Gasteiger charge is 2.59. The first-order chi connectivity index (χ1) is 32.5. The Bertz CT molecular complexity index is 1410. The van der Waals surface area contributed by atoms with Crippen LogP contribution in [0.1, 0.15) is 258 Å². The highest BCUT2D eigenvalue weighted by molar-refractivity contribution is 5.10. The molecular formula is C62H104N2O2. The van der Waals surface area contributed by atoms with E-state index in [4.69, 9.17) is 9.47 Å². The van der Waals surface area contributed by atoms with Crippen molar-refractivity contribution in [2.45, 2.75) is 319 Å². The summed E-state index contributed by atoms with van der Waals surface area (Å²) < 4.78 is 14.3. The van der Waals surface area contributed by atoms with Crippen molar-refractivity contribution in [1.82, 2.24) is 9.80 Å². The van der Waals surface area contributed by atoms with E-state index in [1.807, 2.05) is 0 Å². The third-order valence-electron chi connectivity index (χ3n) is 24.4. The topological polar surface area (TPSA) is 24.9 Å². The van der Waals surface area contributed by atoms with Gasteiger partial charge in [-0.05, 0) is 264 Å². The number of ether oxygens (including phenoxy) is 2. The zero-order valence-electron chi connectivity index (χ0n) is 43.3. The second-order valence-electron chi connectivity index (χ2n) is 27.8. The van der Waals surface area contributed by atoms with Gasteiger partial charge in [-0.1, -0.05) is 65.2 Å². The minimum atomic E-state index is 0.545. The molecule has 4 nitrogen and oxygen atoms in total. The molecule has 12 aliphatic rings. The number of fused-ring (bicyclic) bond motifs is 2. The van der Waals surface area contributed by atoms with Crippen LogP contribution in [-0.2, 0) is 9.47 Å². The van der Waals surface area contributed by atoms with Crippen LogP contribution in [-0.4, -0.2) is 70.5 Å². The lowest BCUT2D eigenvalue weighted by molar-refractivity contribution is -0.153. The number of hydrogen-bond donors (Lipinski definition) is 0. The van der Waals surface area contributed by atoms with Crippen molar-refractivity contribution < 1.29 is 9.47 Å². The molecule has 0 amide bonds. The third-order valence-corrected chi connectivity index (χ3v) is 24.4. The fourth-order valence-electron chi connectivity index (χ4n) is 21.2. The Morgan fingerprint density at radius 3 is 0.985 bits per heavy atom. The maximum absolute atomic E-state index is 7.14. The molecule has 66 heavy (non-hydrogen) atoms. The predicted octanol–water partition coefficient (Wildman–Crippen LogP) is 15.7. The van der Waals surface area contributed by atoms with E-state index in [0.717, 1.165) is 107 Å². The molecule has 4 heteroatoms. The van der Waals surface area contributed by atoms with Crippen LogP contribution in [0.25, 0.3) is 0 Å². The molecule has 0 aromatic rings. The highest BCUT2D eigenvalue weighted by atomic mass is 16.5. The molecule has 0 spiro atoms. The Morgan fingerprint density at radius 1 is 0.273 bits per heavy atom. The van der Waals surface area contributed by atoms with Gasteiger partial charge in [0.1, 0.15) is 0 Å². The van der Waals surface area contributed by atoms with Crippen LogP contribution in [0, 0.1) is 71.0 Å². The van der Waals surface area contributed by atoms with Crippen molar-refractivity contribution in [3.05, 3.63) is 0 Å². The minimum absolute atomic E-state index is 0.545. The second kappa shape index (κ2) is 21.1. The molecule has 0 N–H and O–H groups in total. The summed E-state index contributed by atoms with van der Waals surface area (Å²) in [6.07, 6.45) is 58.0. The van der Waals surface area contributed by atoms with Crippen LogP contribution in [0.4, 0.5) is 0 Å². The zero-order valence-corrected chi connectivity index (χ0v) is 43.3. The van der Waals surface area contributed by atoms with Crippen molar-refractivity contribution in [2.24, 2.45) is 71.0 Å². The quantitative estimate of drug-likeness (QED) is 0.218. The molecule has 14 unspecified atom stereocenters. The smallest absolute Gasteiger partial charge is 0.0581 e. The average molecular weight is 910 g/mol. The van der Waals surface area contributed by atoms with Crippen molar-refractivity contribution in [3.8, 4) is 0 Å². The Balaban J connectivity index is 0.737. The summed E-state index contributed by atoms with van der Waals surface area (Å²) in [6, 6.07) is 5.09. The van der Waals surface area contributed by atoms with Gasteiger partial charge in [0.25, 0.3) is 0 Å². The van der Waals surface area contributed by atoms with Crippen molar-refractivity contribution in [2.75, 3.05) is 0 Å². The van der Waals surface area contributed by atoms with E-state index in [2.05, 4.69) is 23.6 Å². The molecule has 0 aromatic heterocycles. The van der Waals surface area contributed by atoms with Crippen LogP contribution in [0.2, 0.25) is 0 Å². The molecule has 0 aliphatic heterocycles. The van der Waals surface area contributed by atoms with Gasteiger partial charge in [-0.25, -0.2) is 0 Å². The summed E-state index contributed by atoms with van der Waals surface area (Å²) in [4.78, 5) is 6.80. The summed E-state index contributed by atoms with van der Waals surface area (Å²) in [6.45, 7) is 5.13. The lowest BCUT2D eigenvalue weighted by atomic mass is 9.46. The van der Waals surface area contributed by atoms with Crippen molar-refractivity contribution in [3.63, 3.8) is 0 Å². The summed E-state index contributed by atoms with van der Waals surface area (Å²) >= 11 is 0. The first kappa shape index (κ1) is 46.9. The van der Waals surface area contributed by atoms with Crippen LogP contribution in [0.3, 0.4) is 0 Å². The van der Waals surface area contributed by atoms with Gasteiger partial charge in [-0.2, -0.15) is 0 Å². The third kappa shape index (κ3) is 9.87. The van der Waals surface area contributed by atoms with E-state index in [9.17, 15) is 0 Å². The Labute approximate surface area is 407 Å². The average Bonchev–Trinajstić information content (AvgIpc) is 3.36. The van der Waals surface area contributed by atoms with Crippen LogP contribution < -0.4 is 0 Å². The molecule has 0 heterocycles. The fraction of sp³-hybridized carbons (Fsp3) is 1.00. The van der Waals surface area contributed by atoms with E-state index in [-0.39, 0.29) is 0 Å². The molecule has 374 valence electrons. The molecule has 12 saturated carbocycles. The van der Waals surface area contributed by atoms with Gasteiger partial charge in [-0.3, -0.25) is 9.80 Å². The van der Waals surface area contributed by atoms with Gasteiger partial charge in [0, 0.05) is 36.3 Å². The van der Waals surface area contributed by atoms with Crippen LogP contribution in [0.15, 0.2) is 0 Å². The Hall–Kier alpha value is -0.160. The van der Waals surface area contributed by atoms with Gasteiger partial charge >= 0.3 is 0 Å². The van der Waals surface area contributed by atoms with Crippen LogP contribution in [0.5, 0.6) is 0 Å². The van der Waals surface area contributed by atoms with Gasteiger partial charge in [0.15, 0.2) is 0 Å². The number of hydrogen-bond acceptors (Lipinski definition) is 4. The minimum Gasteiger partial charge on any atom is -0.375 e. The Morgan fingerprint density at radius 2 is 0.591 bits per heavy atom. The molecule has 0 radical (unpaired) electrons. The Kier molecular flexibility index (Phi) is 15.0. The van der Waals surface area contributed by atoms with Crippen LogP contribution >= 0.6 is 0 Å². The van der Waals surface area contributed by atoms with E-state index < -0.39 is 0 Å². The van der Waals surface area contributed by atoms with E-state index in [1.54, 1.807) is 38.5 Å². The summed E-state index contributed by atoms with van der Waals surface area (Å²) in [5, 5.41) is 0. The maximum Gasteiger partial charge on any atom is 0.0581 e. The summed E-state index contributed by atoms with van der Waals surface area (Å²) in [5.41, 5.74) is 0. The second-order valence-corrected chi connectivity index (χ2v) is 27.8. The lowest BCUT2D eigenvalue weighted by Gasteiger charge is -2.64. The monoisotopic (exact) mass is 909 g/mol. The largest absolute Gasteiger partial charge is 0.375 e. The van der Waals surface area contributed by atoms with Crippen molar-refractivity contribution in [1.29, 1.82) is 0 Å². The first-order valence-electron chi connectivity index (χ1n) is 31.3. The van der Waals surface area contributed by atoms with E-state index in [0.29, 0.717) is 24.4 Å². The molecule has 12 aliphatic carbocycles. The molecule has 14 atom stereocenters. The van der Waals surface area contributed by atoms with Gasteiger partial charge in [0.2, 0.25) is 0 Å². The maximum atomic E-state index is 7.14. The molecular weight excluding hydrogens is 805 g/mol. The molecule has 12 rings (SSSR count). The SMILES string of the molecule is CC1CCC(N(C2CCC(OC3CCC4CCCCC4C3)CC2)C2CCC3CCC4C5C(CCC2C35)CCC4N(C2CCC(C)CC2)C2CCC(OC3CCC4CCCCC4C3)CC2)CC1. The highest BCUT2D eigenvalue weighted by Crippen LogP contribution is 2.62. The van der Waals surface area contributed by atoms with E-state index >= 15 is 0 Å². The standard InChI is InChI=1S/C62H104N2O2/c1-41-11-21-49(22-12-41)63(51-25-31-53(32-26-51)65-55-29-15-43-7-3-5-9-47(43)39-55)59-37-19-45-18-36-58-60(38-20-46-17-35-57(59)61(45)62(46)58)64(50-23-13-42(2)14-24-50)52-27-33-54(34-28-52)66-56-30-16-44-8-4-6-10-48(44)40-56/h41-62H,3-40H2,1-2H3. The van der Waals surface area contributed by atoms with Gasteiger partial charge < -0.3 is 9.47 Å². The van der Waals surface area contributed by atoms with Crippen molar-refractivity contribution >= 4 is 0 Å². The molecule has 0 aromatic carbocycles.